The first-order valence-corrected chi connectivity index (χ1v) is 7.81. The lowest BCUT2D eigenvalue weighted by Gasteiger charge is -2.12. The van der Waals surface area contributed by atoms with Crippen LogP contribution in [0.5, 0.6) is 0 Å². The van der Waals surface area contributed by atoms with Gasteiger partial charge < -0.3 is 5.11 Å². The molecule has 0 fully saturated rings. The second-order valence-corrected chi connectivity index (χ2v) is 6.13. The highest BCUT2D eigenvalue weighted by molar-refractivity contribution is 5.91. The van der Waals surface area contributed by atoms with Crippen LogP contribution in [0, 0.1) is 12.7 Å². The van der Waals surface area contributed by atoms with Crippen LogP contribution in [0.4, 0.5) is 4.39 Å². The van der Waals surface area contributed by atoms with E-state index in [0.29, 0.717) is 17.1 Å². The summed E-state index contributed by atoms with van der Waals surface area (Å²) in [6, 6.07) is 10.0. The summed E-state index contributed by atoms with van der Waals surface area (Å²) < 4.78 is 16.2. The molecule has 128 valence electrons. The van der Waals surface area contributed by atoms with Crippen LogP contribution in [0.15, 0.2) is 36.4 Å². The molecule has 1 heterocycles. The Morgan fingerprint density at radius 1 is 1.20 bits per heavy atom. The first kappa shape index (κ1) is 16.8. The topological polar surface area (TPSA) is 80.9 Å². The van der Waals surface area contributed by atoms with Gasteiger partial charge in [0.05, 0.1) is 11.3 Å². The second kappa shape index (κ2) is 6.43. The molecular weight excluding hydrogens is 323 g/mol. The van der Waals surface area contributed by atoms with Crippen molar-refractivity contribution in [3.8, 4) is 16.8 Å². The van der Waals surface area contributed by atoms with Gasteiger partial charge in [-0.15, -0.1) is 5.10 Å². The van der Waals surface area contributed by atoms with Crippen LogP contribution in [0.2, 0.25) is 0 Å². The summed E-state index contributed by atoms with van der Waals surface area (Å²) >= 11 is 0. The number of nitrogens with zero attached hydrogens (tertiary/aromatic N) is 4. The van der Waals surface area contributed by atoms with E-state index in [0.717, 1.165) is 5.56 Å². The molecule has 0 aliphatic rings. The Morgan fingerprint density at radius 2 is 1.88 bits per heavy atom. The number of carbonyl (C=O) groups is 1. The number of rotatable bonds is 4. The van der Waals surface area contributed by atoms with Crippen LogP contribution < -0.4 is 0 Å². The first-order chi connectivity index (χ1) is 11.9. The van der Waals surface area contributed by atoms with Crippen LogP contribution in [-0.4, -0.2) is 31.3 Å². The van der Waals surface area contributed by atoms with E-state index in [-0.39, 0.29) is 11.5 Å². The molecule has 0 saturated heterocycles. The molecular formula is C18H17FN4O2. The molecule has 25 heavy (non-hydrogen) atoms. The van der Waals surface area contributed by atoms with Crippen molar-refractivity contribution < 1.29 is 14.3 Å². The van der Waals surface area contributed by atoms with E-state index in [1.165, 1.54) is 10.7 Å². The molecule has 0 saturated carbocycles. The van der Waals surface area contributed by atoms with Gasteiger partial charge in [0.2, 0.25) is 0 Å². The molecule has 0 aliphatic carbocycles. The molecule has 0 aliphatic heterocycles. The molecule has 1 aromatic heterocycles. The lowest BCUT2D eigenvalue weighted by Crippen LogP contribution is -2.09. The number of aromatic carboxylic acids is 1. The van der Waals surface area contributed by atoms with Crippen molar-refractivity contribution in [3.05, 3.63) is 59.2 Å². The predicted octanol–water partition coefficient (Wildman–Crippen LogP) is 3.60. The van der Waals surface area contributed by atoms with Crippen molar-refractivity contribution in [1.29, 1.82) is 0 Å². The van der Waals surface area contributed by atoms with Crippen LogP contribution in [0.25, 0.3) is 16.8 Å². The third-order valence-corrected chi connectivity index (χ3v) is 3.90. The SMILES string of the molecule is Cc1ccc(-c2cc(-n3nnnc3C(C)C)cc(C(=O)O)c2F)cc1. The number of aromatic nitrogens is 4. The van der Waals surface area contributed by atoms with Gasteiger partial charge in [-0.1, -0.05) is 43.7 Å². The van der Waals surface area contributed by atoms with Gasteiger partial charge in [0.1, 0.15) is 5.82 Å². The minimum absolute atomic E-state index is 0.0242. The van der Waals surface area contributed by atoms with Crippen molar-refractivity contribution in [2.24, 2.45) is 0 Å². The number of tetrazole rings is 1. The number of carboxylic acids is 1. The highest BCUT2D eigenvalue weighted by Crippen LogP contribution is 2.29. The van der Waals surface area contributed by atoms with Gasteiger partial charge in [0.15, 0.2) is 5.82 Å². The molecule has 0 unspecified atom stereocenters. The van der Waals surface area contributed by atoms with Crippen LogP contribution in [-0.2, 0) is 0 Å². The fourth-order valence-corrected chi connectivity index (χ4v) is 2.57. The van der Waals surface area contributed by atoms with Crippen molar-refractivity contribution >= 4 is 5.97 Å². The smallest absolute Gasteiger partial charge is 0.338 e. The lowest BCUT2D eigenvalue weighted by molar-refractivity contribution is 0.0692. The van der Waals surface area contributed by atoms with E-state index in [2.05, 4.69) is 15.5 Å². The third-order valence-electron chi connectivity index (χ3n) is 3.90. The molecule has 0 bridgehead atoms. The number of halogens is 1. The molecule has 7 heteroatoms. The van der Waals surface area contributed by atoms with Gasteiger partial charge >= 0.3 is 5.97 Å². The number of benzene rings is 2. The van der Waals surface area contributed by atoms with E-state index < -0.39 is 17.3 Å². The Hall–Kier alpha value is -3.09. The molecule has 0 amide bonds. The first-order valence-electron chi connectivity index (χ1n) is 7.81. The Morgan fingerprint density at radius 3 is 2.48 bits per heavy atom. The molecule has 3 aromatic rings. The van der Waals surface area contributed by atoms with Crippen LogP contribution in [0.3, 0.4) is 0 Å². The summed E-state index contributed by atoms with van der Waals surface area (Å²) in [5, 5.41) is 20.9. The van der Waals surface area contributed by atoms with E-state index >= 15 is 0 Å². The van der Waals surface area contributed by atoms with Gasteiger partial charge in [0.25, 0.3) is 0 Å². The highest BCUT2D eigenvalue weighted by Gasteiger charge is 2.20. The zero-order valence-corrected chi connectivity index (χ0v) is 14.1. The minimum Gasteiger partial charge on any atom is -0.478 e. The molecule has 0 atom stereocenters. The normalized spacial score (nSPS) is 11.1. The number of aryl methyl sites for hydroxylation is 1. The van der Waals surface area contributed by atoms with Crippen molar-refractivity contribution in [3.63, 3.8) is 0 Å². The Balaban J connectivity index is 2.25. The molecule has 3 rings (SSSR count). The predicted molar refractivity (Wildman–Crippen MR) is 90.3 cm³/mol. The molecule has 0 radical (unpaired) electrons. The third kappa shape index (κ3) is 3.13. The van der Waals surface area contributed by atoms with E-state index in [1.54, 1.807) is 18.2 Å². The summed E-state index contributed by atoms with van der Waals surface area (Å²) in [5.41, 5.74) is 1.80. The summed E-state index contributed by atoms with van der Waals surface area (Å²) in [4.78, 5) is 11.5. The van der Waals surface area contributed by atoms with Gasteiger partial charge in [-0.3, -0.25) is 0 Å². The fraction of sp³-hybridized carbons (Fsp3) is 0.222. The maximum Gasteiger partial charge on any atom is 0.338 e. The maximum atomic E-state index is 14.7. The molecule has 2 aromatic carbocycles. The van der Waals surface area contributed by atoms with Gasteiger partial charge in [-0.25, -0.2) is 9.18 Å². The monoisotopic (exact) mass is 340 g/mol. The van der Waals surface area contributed by atoms with Gasteiger partial charge in [-0.05, 0) is 35.0 Å². The second-order valence-electron chi connectivity index (χ2n) is 6.13. The van der Waals surface area contributed by atoms with Crippen molar-refractivity contribution in [2.75, 3.05) is 0 Å². The number of hydrogen-bond donors (Lipinski definition) is 1. The largest absolute Gasteiger partial charge is 0.478 e. The van der Waals surface area contributed by atoms with Crippen molar-refractivity contribution in [2.45, 2.75) is 26.7 Å². The fourth-order valence-electron chi connectivity index (χ4n) is 2.57. The molecule has 0 spiro atoms. The van der Waals surface area contributed by atoms with Crippen LogP contribution >= 0.6 is 0 Å². The Bertz CT molecular complexity index is 933. The summed E-state index contributed by atoms with van der Waals surface area (Å²) in [6.45, 7) is 5.77. The summed E-state index contributed by atoms with van der Waals surface area (Å²) in [6.07, 6.45) is 0. The van der Waals surface area contributed by atoms with E-state index in [4.69, 9.17) is 0 Å². The number of hydrogen-bond acceptors (Lipinski definition) is 4. The zero-order valence-electron chi connectivity index (χ0n) is 14.1. The molecule has 1 N–H and O–H groups in total. The standard InChI is InChI=1S/C18H17FN4O2/c1-10(2)17-20-21-22-23(17)13-8-14(12-6-4-11(3)5-7-12)16(19)15(9-13)18(24)25/h4-10H,1-3H3,(H,24,25). The average Bonchev–Trinajstić information content (AvgIpc) is 3.05. The molecule has 6 nitrogen and oxygen atoms in total. The van der Waals surface area contributed by atoms with E-state index in [1.807, 2.05) is 32.9 Å². The lowest BCUT2D eigenvalue weighted by atomic mass is 9.99. The summed E-state index contributed by atoms with van der Waals surface area (Å²) in [5.74, 6) is -1.53. The Labute approximate surface area is 143 Å². The Kier molecular flexibility index (Phi) is 4.31. The van der Waals surface area contributed by atoms with Crippen LogP contribution in [0.1, 0.15) is 41.5 Å². The van der Waals surface area contributed by atoms with Gasteiger partial charge in [-0.2, -0.15) is 4.68 Å². The van der Waals surface area contributed by atoms with E-state index in [9.17, 15) is 14.3 Å². The highest BCUT2D eigenvalue weighted by atomic mass is 19.1. The average molecular weight is 340 g/mol. The van der Waals surface area contributed by atoms with Gasteiger partial charge in [0, 0.05) is 11.5 Å². The number of carboxylic acid groups (broad SMARTS) is 1. The van der Waals surface area contributed by atoms with Crippen molar-refractivity contribution in [1.82, 2.24) is 20.2 Å². The minimum atomic E-state index is -1.34. The zero-order chi connectivity index (χ0) is 18.1. The maximum absolute atomic E-state index is 14.7. The quantitative estimate of drug-likeness (QED) is 0.785. The summed E-state index contributed by atoms with van der Waals surface area (Å²) in [7, 11) is 0.